The van der Waals surface area contributed by atoms with E-state index in [1.54, 1.807) is 51.7 Å². The Morgan fingerprint density at radius 2 is 1.50 bits per heavy atom. The molecule has 0 spiro atoms. The predicted octanol–water partition coefficient (Wildman–Crippen LogP) is 3.65. The Labute approximate surface area is 141 Å². The molecule has 2 rings (SSSR count). The molecule has 0 atom stereocenters. The van der Waals surface area contributed by atoms with E-state index in [9.17, 15) is 4.79 Å². The first-order valence-corrected chi connectivity index (χ1v) is 7.43. The molecule has 0 unspecified atom stereocenters. The molecule has 0 bridgehead atoms. The highest BCUT2D eigenvalue weighted by molar-refractivity contribution is 6.07. The van der Waals surface area contributed by atoms with Gasteiger partial charge < -0.3 is 19.5 Å². The highest BCUT2D eigenvalue weighted by Crippen LogP contribution is 2.35. The molecule has 2 aromatic rings. The number of carbonyl (C=O) groups excluding carboxylic acids is 1. The van der Waals surface area contributed by atoms with Gasteiger partial charge in [-0.3, -0.25) is 4.79 Å². The normalized spacial score (nSPS) is 10.5. The smallest absolute Gasteiger partial charge is 0.185 e. The van der Waals surface area contributed by atoms with Crippen molar-refractivity contribution in [1.82, 2.24) is 0 Å². The van der Waals surface area contributed by atoms with Gasteiger partial charge in [-0.15, -0.1) is 0 Å². The molecule has 0 heterocycles. The van der Waals surface area contributed by atoms with E-state index in [0.29, 0.717) is 22.8 Å². The Bertz CT molecular complexity index is 736. The van der Waals surface area contributed by atoms with Crippen molar-refractivity contribution in [1.29, 1.82) is 0 Å². The molecule has 0 aliphatic rings. The van der Waals surface area contributed by atoms with Crippen molar-refractivity contribution in [2.24, 2.45) is 0 Å². The minimum atomic E-state index is -0.0884. The van der Waals surface area contributed by atoms with Crippen LogP contribution in [0.5, 0.6) is 17.2 Å². The third-order valence-corrected chi connectivity index (χ3v) is 3.61. The number of ether oxygens (including phenoxy) is 3. The van der Waals surface area contributed by atoms with Crippen molar-refractivity contribution in [3.05, 3.63) is 53.6 Å². The number of benzene rings is 2. The average molecular weight is 327 g/mol. The van der Waals surface area contributed by atoms with Gasteiger partial charge in [-0.05, 0) is 42.5 Å². The minimum Gasteiger partial charge on any atom is -0.496 e. The second-order valence-electron chi connectivity index (χ2n) is 4.97. The summed E-state index contributed by atoms with van der Waals surface area (Å²) in [6.07, 6.45) is 3.22. The number of methoxy groups -OCH3 is 3. The fraction of sp³-hybridized carbons (Fsp3) is 0.211. The van der Waals surface area contributed by atoms with Gasteiger partial charge in [0.05, 0.1) is 21.3 Å². The summed E-state index contributed by atoms with van der Waals surface area (Å²) in [7, 11) is 6.52. The van der Waals surface area contributed by atoms with Gasteiger partial charge in [0, 0.05) is 29.9 Å². The summed E-state index contributed by atoms with van der Waals surface area (Å²) in [6, 6.07) is 10.8. The molecule has 0 saturated carbocycles. The van der Waals surface area contributed by atoms with E-state index in [0.717, 1.165) is 11.3 Å². The maximum Gasteiger partial charge on any atom is 0.185 e. The van der Waals surface area contributed by atoms with E-state index in [1.165, 1.54) is 6.08 Å². The minimum absolute atomic E-state index is 0.0884. The number of hydrogen-bond acceptors (Lipinski definition) is 5. The molecule has 126 valence electrons. The summed E-state index contributed by atoms with van der Waals surface area (Å²) in [6.45, 7) is 0. The van der Waals surface area contributed by atoms with Gasteiger partial charge in [-0.2, -0.15) is 0 Å². The summed E-state index contributed by atoms with van der Waals surface area (Å²) in [5, 5.41) is 3.02. The van der Waals surface area contributed by atoms with Crippen LogP contribution < -0.4 is 19.5 Å². The average Bonchev–Trinajstić information content (AvgIpc) is 2.65. The highest BCUT2D eigenvalue weighted by atomic mass is 16.5. The Morgan fingerprint density at radius 3 is 2.04 bits per heavy atom. The van der Waals surface area contributed by atoms with Crippen LogP contribution in [0, 0.1) is 0 Å². The largest absolute Gasteiger partial charge is 0.496 e. The van der Waals surface area contributed by atoms with Crippen LogP contribution in [0.25, 0.3) is 6.08 Å². The zero-order valence-electron chi connectivity index (χ0n) is 14.3. The van der Waals surface area contributed by atoms with Gasteiger partial charge in [0.2, 0.25) is 0 Å². The third kappa shape index (κ3) is 3.87. The van der Waals surface area contributed by atoms with Gasteiger partial charge in [0.15, 0.2) is 17.3 Å². The molecule has 5 heteroatoms. The Morgan fingerprint density at radius 1 is 0.917 bits per heavy atom. The molecule has 0 amide bonds. The van der Waals surface area contributed by atoms with Crippen LogP contribution in [0.1, 0.15) is 15.9 Å². The van der Waals surface area contributed by atoms with Crippen molar-refractivity contribution in [3.63, 3.8) is 0 Å². The molecule has 2 aromatic carbocycles. The van der Waals surface area contributed by atoms with E-state index in [4.69, 9.17) is 14.2 Å². The molecular weight excluding hydrogens is 306 g/mol. The van der Waals surface area contributed by atoms with Gasteiger partial charge in [-0.25, -0.2) is 0 Å². The number of rotatable bonds is 7. The van der Waals surface area contributed by atoms with Crippen LogP contribution in [-0.4, -0.2) is 34.2 Å². The number of carbonyl (C=O) groups is 1. The van der Waals surface area contributed by atoms with Gasteiger partial charge in [0.25, 0.3) is 0 Å². The van der Waals surface area contributed by atoms with E-state index >= 15 is 0 Å². The fourth-order valence-electron chi connectivity index (χ4n) is 2.25. The SMILES string of the molecule is CNc1ccc(C(=O)/C=C/c2cc(OC)c(OC)cc2OC)cc1. The molecule has 0 aliphatic carbocycles. The molecule has 0 radical (unpaired) electrons. The summed E-state index contributed by atoms with van der Waals surface area (Å²) < 4.78 is 15.9. The standard InChI is InChI=1S/C19H21NO4/c1-20-15-8-5-13(6-9-15)16(21)10-7-14-11-18(23-3)19(24-4)12-17(14)22-2/h5-12,20H,1-4H3/b10-7+. The zero-order valence-corrected chi connectivity index (χ0v) is 14.3. The molecule has 0 aliphatic heterocycles. The van der Waals surface area contributed by atoms with Crippen molar-refractivity contribution >= 4 is 17.5 Å². The van der Waals surface area contributed by atoms with Crippen molar-refractivity contribution in [3.8, 4) is 17.2 Å². The summed E-state index contributed by atoms with van der Waals surface area (Å²) in [5.74, 6) is 1.65. The number of anilines is 1. The maximum absolute atomic E-state index is 12.3. The molecule has 0 fully saturated rings. The molecular formula is C19H21NO4. The fourth-order valence-corrected chi connectivity index (χ4v) is 2.25. The Hall–Kier alpha value is -2.95. The Balaban J connectivity index is 2.27. The summed E-state index contributed by atoms with van der Waals surface area (Å²) >= 11 is 0. The van der Waals surface area contributed by atoms with E-state index < -0.39 is 0 Å². The van der Waals surface area contributed by atoms with Gasteiger partial charge >= 0.3 is 0 Å². The molecule has 1 N–H and O–H groups in total. The van der Waals surface area contributed by atoms with Gasteiger partial charge in [0.1, 0.15) is 5.75 Å². The lowest BCUT2D eigenvalue weighted by molar-refractivity contribution is 0.104. The monoisotopic (exact) mass is 327 g/mol. The molecule has 0 saturated heterocycles. The van der Waals surface area contributed by atoms with Crippen molar-refractivity contribution < 1.29 is 19.0 Å². The predicted molar refractivity (Wildman–Crippen MR) is 95.5 cm³/mol. The Kier molecular flexibility index (Phi) is 5.84. The van der Waals surface area contributed by atoms with Crippen LogP contribution >= 0.6 is 0 Å². The quantitative estimate of drug-likeness (QED) is 0.621. The topological polar surface area (TPSA) is 56.8 Å². The number of ketones is 1. The molecule has 24 heavy (non-hydrogen) atoms. The van der Waals surface area contributed by atoms with Crippen molar-refractivity contribution in [2.75, 3.05) is 33.7 Å². The second kappa shape index (κ2) is 8.06. The zero-order chi connectivity index (χ0) is 17.5. The van der Waals surface area contributed by atoms with E-state index in [1.807, 2.05) is 19.2 Å². The van der Waals surface area contributed by atoms with Crippen LogP contribution in [0.15, 0.2) is 42.5 Å². The van der Waals surface area contributed by atoms with Crippen LogP contribution in [0.2, 0.25) is 0 Å². The molecule has 0 aromatic heterocycles. The van der Waals surface area contributed by atoms with E-state index in [-0.39, 0.29) is 5.78 Å². The lowest BCUT2D eigenvalue weighted by Crippen LogP contribution is -1.97. The number of nitrogens with one attached hydrogen (secondary N) is 1. The number of allylic oxidation sites excluding steroid dienone is 1. The van der Waals surface area contributed by atoms with Crippen molar-refractivity contribution in [2.45, 2.75) is 0 Å². The maximum atomic E-state index is 12.3. The van der Waals surface area contributed by atoms with Crippen LogP contribution in [-0.2, 0) is 0 Å². The first-order valence-electron chi connectivity index (χ1n) is 7.43. The lowest BCUT2D eigenvalue weighted by atomic mass is 10.1. The first kappa shape index (κ1) is 17.4. The highest BCUT2D eigenvalue weighted by Gasteiger charge is 2.10. The summed E-state index contributed by atoms with van der Waals surface area (Å²) in [4.78, 5) is 12.3. The summed E-state index contributed by atoms with van der Waals surface area (Å²) in [5.41, 5.74) is 2.30. The number of hydrogen-bond donors (Lipinski definition) is 1. The second-order valence-corrected chi connectivity index (χ2v) is 4.97. The van der Waals surface area contributed by atoms with Crippen LogP contribution in [0.4, 0.5) is 5.69 Å². The molecule has 5 nitrogen and oxygen atoms in total. The lowest BCUT2D eigenvalue weighted by Gasteiger charge is -2.12. The first-order chi connectivity index (χ1) is 11.6. The van der Waals surface area contributed by atoms with E-state index in [2.05, 4.69) is 5.32 Å². The third-order valence-electron chi connectivity index (χ3n) is 3.61. The van der Waals surface area contributed by atoms with Gasteiger partial charge in [-0.1, -0.05) is 0 Å². The van der Waals surface area contributed by atoms with Crippen LogP contribution in [0.3, 0.4) is 0 Å².